The zero-order chi connectivity index (χ0) is 14.7. The molecule has 1 aromatic carbocycles. The average molecular weight is 296 g/mol. The van der Waals surface area contributed by atoms with Crippen molar-refractivity contribution in [3.63, 3.8) is 0 Å². The molecule has 2 aromatic rings. The van der Waals surface area contributed by atoms with Gasteiger partial charge in [0.2, 0.25) is 0 Å². The fourth-order valence-corrected chi connectivity index (χ4v) is 2.54. The van der Waals surface area contributed by atoms with Gasteiger partial charge >= 0.3 is 0 Å². The molecular weight excluding hydrogens is 277 g/mol. The largest absolute Gasteiger partial charge is 0.383 e. The Balaban J connectivity index is 2.53. The fourth-order valence-electron chi connectivity index (χ4n) is 2.28. The average Bonchev–Trinajstić information content (AvgIpc) is 2.69. The predicted octanol–water partition coefficient (Wildman–Crippen LogP) is 4.29. The number of aromatic nitrogens is 2. The van der Waals surface area contributed by atoms with Crippen LogP contribution < -0.4 is 5.73 Å². The number of benzene rings is 1. The highest BCUT2D eigenvalue weighted by atomic mass is 35.5. The third-order valence-electron chi connectivity index (χ3n) is 3.19. The molecule has 0 fully saturated rings. The molecule has 0 unspecified atom stereocenters. The van der Waals surface area contributed by atoms with Crippen molar-refractivity contribution in [2.45, 2.75) is 39.7 Å². The normalized spacial score (nSPS) is 11.0. The van der Waals surface area contributed by atoms with Crippen molar-refractivity contribution < 1.29 is 4.39 Å². The third-order valence-corrected chi connectivity index (χ3v) is 3.51. The molecule has 0 radical (unpaired) electrons. The number of hydrogen-bond acceptors (Lipinski definition) is 2. The Kier molecular flexibility index (Phi) is 4.65. The van der Waals surface area contributed by atoms with E-state index in [1.54, 1.807) is 6.07 Å². The van der Waals surface area contributed by atoms with Crippen LogP contribution in [0.15, 0.2) is 18.2 Å². The molecular formula is C15H19ClFN3. The van der Waals surface area contributed by atoms with E-state index < -0.39 is 0 Å². The number of nitrogens with zero attached hydrogens (tertiary/aromatic N) is 2. The predicted molar refractivity (Wildman–Crippen MR) is 81.3 cm³/mol. The molecule has 1 heterocycles. The molecule has 5 heteroatoms. The molecule has 0 atom stereocenters. The van der Waals surface area contributed by atoms with Gasteiger partial charge in [0, 0.05) is 18.5 Å². The summed E-state index contributed by atoms with van der Waals surface area (Å²) in [5.74, 6) is 1.20. The smallest absolute Gasteiger partial charge is 0.131 e. The van der Waals surface area contributed by atoms with Crippen LogP contribution in [0.25, 0.3) is 11.3 Å². The Morgan fingerprint density at radius 1 is 1.30 bits per heavy atom. The number of hydrogen-bond donors (Lipinski definition) is 1. The van der Waals surface area contributed by atoms with Gasteiger partial charge in [-0.3, -0.25) is 0 Å². The molecule has 2 rings (SSSR count). The highest BCUT2D eigenvalue weighted by Crippen LogP contribution is 2.33. The van der Waals surface area contributed by atoms with Crippen LogP contribution in [0, 0.1) is 5.82 Å². The Morgan fingerprint density at radius 3 is 2.65 bits per heavy atom. The summed E-state index contributed by atoms with van der Waals surface area (Å²) in [7, 11) is 0. The van der Waals surface area contributed by atoms with E-state index in [1.807, 2.05) is 4.57 Å². The zero-order valence-corrected chi connectivity index (χ0v) is 12.5. The summed E-state index contributed by atoms with van der Waals surface area (Å²) in [5.41, 5.74) is 7.53. The van der Waals surface area contributed by atoms with Gasteiger partial charge in [-0.05, 0) is 31.0 Å². The van der Waals surface area contributed by atoms with Crippen molar-refractivity contribution in [1.29, 1.82) is 0 Å². The number of aryl methyl sites for hydroxylation is 1. The van der Waals surface area contributed by atoms with Crippen LogP contribution in [-0.2, 0) is 13.0 Å². The zero-order valence-electron chi connectivity index (χ0n) is 11.8. The molecule has 20 heavy (non-hydrogen) atoms. The van der Waals surface area contributed by atoms with E-state index in [0.717, 1.165) is 31.6 Å². The second-order valence-electron chi connectivity index (χ2n) is 4.79. The van der Waals surface area contributed by atoms with Crippen molar-refractivity contribution in [2.24, 2.45) is 0 Å². The maximum Gasteiger partial charge on any atom is 0.131 e. The maximum absolute atomic E-state index is 13.1. The van der Waals surface area contributed by atoms with Crippen molar-refractivity contribution >= 4 is 17.4 Å². The van der Waals surface area contributed by atoms with Gasteiger partial charge in [-0.1, -0.05) is 25.4 Å². The number of nitrogens with two attached hydrogens (primary N) is 1. The number of anilines is 1. The van der Waals surface area contributed by atoms with Crippen molar-refractivity contribution in [3.8, 4) is 11.3 Å². The third kappa shape index (κ3) is 2.80. The lowest BCUT2D eigenvalue weighted by Crippen LogP contribution is -2.06. The molecule has 0 aliphatic heterocycles. The lowest BCUT2D eigenvalue weighted by molar-refractivity contribution is 0.628. The Labute approximate surface area is 123 Å². The highest BCUT2D eigenvalue weighted by Gasteiger charge is 2.17. The van der Waals surface area contributed by atoms with E-state index in [4.69, 9.17) is 17.3 Å². The summed E-state index contributed by atoms with van der Waals surface area (Å²) in [6.45, 7) is 5.03. The summed E-state index contributed by atoms with van der Waals surface area (Å²) in [5, 5.41) is 0.334. The van der Waals surface area contributed by atoms with Gasteiger partial charge in [-0.15, -0.1) is 0 Å². The molecule has 3 nitrogen and oxygen atoms in total. The highest BCUT2D eigenvalue weighted by molar-refractivity contribution is 6.33. The molecule has 0 bridgehead atoms. The molecule has 0 aliphatic carbocycles. The number of imidazole rings is 1. The minimum absolute atomic E-state index is 0.334. The second-order valence-corrected chi connectivity index (χ2v) is 5.19. The minimum atomic E-state index is -0.362. The fraction of sp³-hybridized carbons (Fsp3) is 0.400. The molecule has 0 saturated heterocycles. The van der Waals surface area contributed by atoms with Gasteiger partial charge in [-0.25, -0.2) is 9.37 Å². The van der Waals surface area contributed by atoms with Crippen molar-refractivity contribution in [1.82, 2.24) is 9.55 Å². The van der Waals surface area contributed by atoms with E-state index in [0.29, 0.717) is 22.1 Å². The lowest BCUT2D eigenvalue weighted by atomic mass is 10.1. The summed E-state index contributed by atoms with van der Waals surface area (Å²) in [4.78, 5) is 4.61. The monoisotopic (exact) mass is 295 g/mol. The van der Waals surface area contributed by atoms with Gasteiger partial charge < -0.3 is 10.3 Å². The van der Waals surface area contributed by atoms with Gasteiger partial charge in [-0.2, -0.15) is 0 Å². The summed E-state index contributed by atoms with van der Waals surface area (Å²) >= 11 is 6.11. The van der Waals surface area contributed by atoms with Crippen LogP contribution >= 0.6 is 11.6 Å². The summed E-state index contributed by atoms with van der Waals surface area (Å²) < 4.78 is 15.2. The first-order valence-corrected chi connectivity index (χ1v) is 7.26. The van der Waals surface area contributed by atoms with Gasteiger partial charge in [0.15, 0.2) is 0 Å². The van der Waals surface area contributed by atoms with Crippen molar-refractivity contribution in [3.05, 3.63) is 34.9 Å². The number of halogens is 2. The first-order valence-electron chi connectivity index (χ1n) is 6.88. The first-order chi connectivity index (χ1) is 9.58. The van der Waals surface area contributed by atoms with Gasteiger partial charge in [0.05, 0.1) is 5.02 Å². The van der Waals surface area contributed by atoms with E-state index in [-0.39, 0.29) is 5.82 Å². The van der Waals surface area contributed by atoms with Crippen LogP contribution in [-0.4, -0.2) is 9.55 Å². The Hall–Kier alpha value is -1.55. The molecule has 0 aliphatic rings. The minimum Gasteiger partial charge on any atom is -0.383 e. The van der Waals surface area contributed by atoms with Crippen molar-refractivity contribution in [2.75, 3.05) is 5.73 Å². The van der Waals surface area contributed by atoms with Crippen LogP contribution in [0.4, 0.5) is 10.2 Å². The molecule has 0 saturated carbocycles. The molecule has 1 aromatic heterocycles. The van der Waals surface area contributed by atoms with Gasteiger partial charge in [0.1, 0.15) is 23.2 Å². The SMILES string of the molecule is CCCc1nc(-c2ccc(F)cc2Cl)c(N)n1CCC. The molecule has 0 amide bonds. The first kappa shape index (κ1) is 14.9. The number of rotatable bonds is 5. The summed E-state index contributed by atoms with van der Waals surface area (Å²) in [6.07, 6.45) is 2.84. The van der Waals surface area contributed by atoms with E-state index in [9.17, 15) is 4.39 Å². The maximum atomic E-state index is 13.1. The Morgan fingerprint density at radius 2 is 2.05 bits per heavy atom. The Bertz CT molecular complexity index is 607. The van der Waals surface area contributed by atoms with E-state index >= 15 is 0 Å². The van der Waals surface area contributed by atoms with Crippen LogP contribution in [0.3, 0.4) is 0 Å². The molecule has 0 spiro atoms. The van der Waals surface area contributed by atoms with Crippen LogP contribution in [0.5, 0.6) is 0 Å². The topological polar surface area (TPSA) is 43.8 Å². The van der Waals surface area contributed by atoms with Crippen LogP contribution in [0.1, 0.15) is 32.5 Å². The summed E-state index contributed by atoms with van der Waals surface area (Å²) in [6, 6.07) is 4.29. The quantitative estimate of drug-likeness (QED) is 0.894. The van der Waals surface area contributed by atoms with E-state index in [1.165, 1.54) is 12.1 Å². The van der Waals surface area contributed by atoms with Gasteiger partial charge in [0.25, 0.3) is 0 Å². The molecule has 2 N–H and O–H groups in total. The number of nitrogen functional groups attached to an aromatic ring is 1. The standard InChI is InChI=1S/C15H19ClFN3/c1-3-5-13-19-14(15(18)20(13)8-4-2)11-7-6-10(17)9-12(11)16/h6-7,9H,3-5,8,18H2,1-2H3. The van der Waals surface area contributed by atoms with Crippen LogP contribution in [0.2, 0.25) is 5.02 Å². The van der Waals surface area contributed by atoms with E-state index in [2.05, 4.69) is 18.8 Å². The second kappa shape index (κ2) is 6.27. The lowest BCUT2D eigenvalue weighted by Gasteiger charge is -2.07. The molecule has 108 valence electrons.